The average molecular weight is 272 g/mol. The molecule has 0 aliphatic heterocycles. The van der Waals surface area contributed by atoms with Gasteiger partial charge in [-0.3, -0.25) is 0 Å². The number of ether oxygens (including phenoxy) is 1. The van der Waals surface area contributed by atoms with E-state index in [9.17, 15) is 0 Å². The predicted molar refractivity (Wildman–Crippen MR) is 81.5 cm³/mol. The van der Waals surface area contributed by atoms with E-state index in [0.717, 1.165) is 12.1 Å². The highest BCUT2D eigenvalue weighted by Crippen LogP contribution is 2.31. The van der Waals surface area contributed by atoms with Crippen molar-refractivity contribution in [3.05, 3.63) is 36.2 Å². The van der Waals surface area contributed by atoms with Gasteiger partial charge >= 0.3 is 0 Å². The Morgan fingerprint density at radius 2 is 1.85 bits per heavy atom. The van der Waals surface area contributed by atoms with Crippen molar-refractivity contribution in [2.75, 3.05) is 24.3 Å². The Morgan fingerprint density at radius 3 is 2.45 bits per heavy atom. The molecule has 2 N–H and O–H groups in total. The zero-order chi connectivity index (χ0) is 14.5. The van der Waals surface area contributed by atoms with Crippen LogP contribution in [0, 0.1) is 0 Å². The fraction of sp³-hybridized carbons (Fsp3) is 0.333. The lowest BCUT2D eigenvalue weighted by molar-refractivity contribution is 0.328. The Morgan fingerprint density at radius 1 is 1.15 bits per heavy atom. The van der Waals surface area contributed by atoms with E-state index in [1.54, 1.807) is 0 Å². The minimum Gasteiger partial charge on any atom is -0.476 e. The summed E-state index contributed by atoms with van der Waals surface area (Å²) in [5, 5.41) is 0. The molecule has 1 heterocycles. The molecule has 0 radical (unpaired) electrons. The number of hydrogen-bond acceptors (Lipinski definition) is 5. The first-order valence-electron chi connectivity index (χ1n) is 6.73. The van der Waals surface area contributed by atoms with Gasteiger partial charge in [-0.25, -0.2) is 4.98 Å². The van der Waals surface area contributed by atoms with Crippen molar-refractivity contribution in [2.24, 2.45) is 0 Å². The molecule has 0 aliphatic rings. The first kappa shape index (κ1) is 14.1. The standard InChI is InChI=1S/C15H20N4O/c1-4-11-6-8-12(9-7-11)19(3)14-13(16)15(20-5-2)18-10-17-14/h6-10H,4-5,16H2,1-3H3. The quantitative estimate of drug-likeness (QED) is 0.906. The number of anilines is 3. The van der Waals surface area contributed by atoms with Crippen molar-refractivity contribution in [3.63, 3.8) is 0 Å². The largest absolute Gasteiger partial charge is 0.476 e. The van der Waals surface area contributed by atoms with Gasteiger partial charge in [-0.1, -0.05) is 19.1 Å². The van der Waals surface area contributed by atoms with E-state index in [1.165, 1.54) is 11.9 Å². The zero-order valence-corrected chi connectivity index (χ0v) is 12.1. The van der Waals surface area contributed by atoms with Gasteiger partial charge in [0.1, 0.15) is 12.0 Å². The summed E-state index contributed by atoms with van der Waals surface area (Å²) < 4.78 is 5.40. The first-order chi connectivity index (χ1) is 9.67. The van der Waals surface area contributed by atoms with Crippen LogP contribution in [0.25, 0.3) is 0 Å². The van der Waals surface area contributed by atoms with Crippen molar-refractivity contribution < 1.29 is 4.74 Å². The molecule has 106 valence electrons. The van der Waals surface area contributed by atoms with Crippen LogP contribution in [0.4, 0.5) is 17.2 Å². The lowest BCUT2D eigenvalue weighted by Gasteiger charge is -2.20. The number of benzene rings is 1. The van der Waals surface area contributed by atoms with Crippen molar-refractivity contribution in [3.8, 4) is 5.88 Å². The third kappa shape index (κ3) is 2.82. The van der Waals surface area contributed by atoms with E-state index in [4.69, 9.17) is 10.5 Å². The monoisotopic (exact) mass is 272 g/mol. The molecule has 0 unspecified atom stereocenters. The molecule has 0 saturated heterocycles. The van der Waals surface area contributed by atoms with Crippen LogP contribution >= 0.6 is 0 Å². The van der Waals surface area contributed by atoms with Crippen LogP contribution in [0.1, 0.15) is 19.4 Å². The molecule has 0 spiro atoms. The summed E-state index contributed by atoms with van der Waals surface area (Å²) in [6.07, 6.45) is 2.49. The van der Waals surface area contributed by atoms with Crippen molar-refractivity contribution in [1.82, 2.24) is 9.97 Å². The van der Waals surface area contributed by atoms with Crippen LogP contribution in [0.2, 0.25) is 0 Å². The fourth-order valence-electron chi connectivity index (χ4n) is 1.97. The summed E-state index contributed by atoms with van der Waals surface area (Å²) in [6, 6.07) is 8.32. The number of hydrogen-bond donors (Lipinski definition) is 1. The smallest absolute Gasteiger partial charge is 0.242 e. The number of nitrogen functional groups attached to an aromatic ring is 1. The molecule has 20 heavy (non-hydrogen) atoms. The normalized spacial score (nSPS) is 10.3. The second-order valence-electron chi connectivity index (χ2n) is 4.43. The van der Waals surface area contributed by atoms with Crippen LogP contribution in [0.3, 0.4) is 0 Å². The van der Waals surface area contributed by atoms with Crippen LogP contribution in [0.15, 0.2) is 30.6 Å². The van der Waals surface area contributed by atoms with E-state index in [0.29, 0.717) is 24.0 Å². The summed E-state index contributed by atoms with van der Waals surface area (Å²) >= 11 is 0. The number of nitrogens with zero attached hydrogens (tertiary/aromatic N) is 3. The molecule has 0 fully saturated rings. The van der Waals surface area contributed by atoms with Gasteiger partial charge < -0.3 is 15.4 Å². The van der Waals surface area contributed by atoms with E-state index in [-0.39, 0.29) is 0 Å². The number of aromatic nitrogens is 2. The molecule has 1 aromatic heterocycles. The molecule has 2 aromatic rings. The molecular formula is C15H20N4O. The molecule has 2 rings (SSSR count). The third-order valence-electron chi connectivity index (χ3n) is 3.16. The Bertz CT molecular complexity index is 569. The molecular weight excluding hydrogens is 252 g/mol. The average Bonchev–Trinajstić information content (AvgIpc) is 2.49. The topological polar surface area (TPSA) is 64.3 Å². The molecule has 0 aliphatic carbocycles. The second kappa shape index (κ2) is 6.23. The van der Waals surface area contributed by atoms with Gasteiger partial charge in [0.2, 0.25) is 5.88 Å². The first-order valence-corrected chi connectivity index (χ1v) is 6.73. The lowest BCUT2D eigenvalue weighted by Crippen LogP contribution is -2.15. The maximum atomic E-state index is 6.07. The SMILES string of the molecule is CCOc1ncnc(N(C)c2ccc(CC)cc2)c1N. The Labute approximate surface area is 119 Å². The number of nitrogens with two attached hydrogens (primary N) is 1. The van der Waals surface area contributed by atoms with Crippen molar-refractivity contribution >= 4 is 17.2 Å². The molecule has 5 heteroatoms. The molecule has 0 bridgehead atoms. The lowest BCUT2D eigenvalue weighted by atomic mass is 10.1. The Balaban J connectivity index is 2.32. The molecule has 0 amide bonds. The Kier molecular flexibility index (Phi) is 4.40. The van der Waals surface area contributed by atoms with Crippen molar-refractivity contribution in [1.29, 1.82) is 0 Å². The van der Waals surface area contributed by atoms with Crippen LogP contribution in [-0.2, 0) is 6.42 Å². The van der Waals surface area contributed by atoms with Crippen molar-refractivity contribution in [2.45, 2.75) is 20.3 Å². The highest BCUT2D eigenvalue weighted by atomic mass is 16.5. The van der Waals surface area contributed by atoms with E-state index in [2.05, 4.69) is 41.2 Å². The van der Waals surface area contributed by atoms with Gasteiger partial charge in [0, 0.05) is 12.7 Å². The molecule has 5 nitrogen and oxygen atoms in total. The number of aryl methyl sites for hydroxylation is 1. The highest BCUT2D eigenvalue weighted by molar-refractivity contribution is 5.73. The van der Waals surface area contributed by atoms with Gasteiger partial charge in [-0.05, 0) is 31.0 Å². The summed E-state index contributed by atoms with van der Waals surface area (Å²) in [5.74, 6) is 1.07. The van der Waals surface area contributed by atoms with Gasteiger partial charge in [0.15, 0.2) is 5.82 Å². The van der Waals surface area contributed by atoms with Crippen LogP contribution in [-0.4, -0.2) is 23.6 Å². The minimum atomic E-state index is 0.425. The third-order valence-corrected chi connectivity index (χ3v) is 3.16. The summed E-state index contributed by atoms with van der Waals surface area (Å²) in [6.45, 7) is 4.56. The summed E-state index contributed by atoms with van der Waals surface area (Å²) in [4.78, 5) is 10.2. The summed E-state index contributed by atoms with van der Waals surface area (Å²) in [7, 11) is 1.93. The van der Waals surface area contributed by atoms with Gasteiger partial charge in [-0.15, -0.1) is 0 Å². The molecule has 0 saturated carbocycles. The maximum absolute atomic E-state index is 6.07. The molecule has 1 aromatic carbocycles. The minimum absolute atomic E-state index is 0.425. The van der Waals surface area contributed by atoms with Gasteiger partial charge in [0.05, 0.1) is 6.61 Å². The van der Waals surface area contributed by atoms with Gasteiger partial charge in [-0.2, -0.15) is 4.98 Å². The predicted octanol–water partition coefficient (Wildman–Crippen LogP) is 2.79. The van der Waals surface area contributed by atoms with Gasteiger partial charge in [0.25, 0.3) is 0 Å². The highest BCUT2D eigenvalue weighted by Gasteiger charge is 2.14. The number of rotatable bonds is 5. The second-order valence-corrected chi connectivity index (χ2v) is 4.43. The van der Waals surface area contributed by atoms with Crippen LogP contribution in [0.5, 0.6) is 5.88 Å². The van der Waals surface area contributed by atoms with E-state index >= 15 is 0 Å². The van der Waals surface area contributed by atoms with Crippen LogP contribution < -0.4 is 15.4 Å². The fourth-order valence-corrected chi connectivity index (χ4v) is 1.97. The summed E-state index contributed by atoms with van der Waals surface area (Å²) in [5.41, 5.74) is 8.85. The Hall–Kier alpha value is -2.30. The maximum Gasteiger partial charge on any atom is 0.242 e. The van der Waals surface area contributed by atoms with E-state index in [1.807, 2.05) is 18.9 Å². The van der Waals surface area contributed by atoms with E-state index < -0.39 is 0 Å². The molecule has 0 atom stereocenters. The zero-order valence-electron chi connectivity index (χ0n) is 12.1.